The first-order chi connectivity index (χ1) is 5.85. The van der Waals surface area contributed by atoms with Gasteiger partial charge in [0, 0.05) is 24.5 Å². The molecule has 0 radical (unpaired) electrons. The molecule has 0 aliphatic rings. The predicted octanol–water partition coefficient (Wildman–Crippen LogP) is 2.18. The molecule has 0 saturated carbocycles. The van der Waals surface area contributed by atoms with Gasteiger partial charge < -0.3 is 10.1 Å². The van der Waals surface area contributed by atoms with Gasteiger partial charge in [0.1, 0.15) is 0 Å². The fraction of sp³-hybridized carbons (Fsp3) is 1.00. The summed E-state index contributed by atoms with van der Waals surface area (Å²) in [4.78, 5) is 0. The summed E-state index contributed by atoms with van der Waals surface area (Å²) in [5.74, 6) is 0. The molecule has 0 fully saturated rings. The average Bonchev–Trinajstić information content (AvgIpc) is 2.10. The number of nitrogens with one attached hydrogen (secondary N) is 1. The third-order valence-corrected chi connectivity index (χ3v) is 2.29. The molecule has 0 aromatic carbocycles. The lowest BCUT2D eigenvalue weighted by Gasteiger charge is -2.15. The van der Waals surface area contributed by atoms with E-state index in [9.17, 15) is 0 Å². The van der Waals surface area contributed by atoms with Crippen molar-refractivity contribution in [2.24, 2.45) is 0 Å². The lowest BCUT2D eigenvalue weighted by atomic mass is 10.2. The monoisotopic (exact) mass is 237 g/mol. The quantitative estimate of drug-likeness (QED) is 0.517. The fourth-order valence-corrected chi connectivity index (χ4v) is 1.61. The molecule has 0 saturated heterocycles. The van der Waals surface area contributed by atoms with E-state index in [1.54, 1.807) is 0 Å². The van der Waals surface area contributed by atoms with Crippen molar-refractivity contribution in [3.63, 3.8) is 0 Å². The minimum atomic E-state index is 0.643. The Hall–Kier alpha value is 0.400. The van der Waals surface area contributed by atoms with Crippen molar-refractivity contribution in [1.29, 1.82) is 0 Å². The molecule has 74 valence electrons. The van der Waals surface area contributed by atoms with Gasteiger partial charge in [0.05, 0.1) is 6.61 Å². The molecule has 1 unspecified atom stereocenters. The van der Waals surface area contributed by atoms with Crippen molar-refractivity contribution >= 4 is 15.9 Å². The largest absolute Gasteiger partial charge is 0.380 e. The smallest absolute Gasteiger partial charge is 0.0590 e. The molecular weight excluding hydrogens is 218 g/mol. The lowest BCUT2D eigenvalue weighted by Crippen LogP contribution is -2.31. The van der Waals surface area contributed by atoms with Crippen LogP contribution in [0.3, 0.4) is 0 Å². The Bertz CT molecular complexity index is 90.6. The van der Waals surface area contributed by atoms with Crippen LogP contribution in [0.2, 0.25) is 0 Å². The molecule has 1 N–H and O–H groups in total. The van der Waals surface area contributed by atoms with Crippen LogP contribution in [0, 0.1) is 0 Å². The Morgan fingerprint density at radius 3 is 2.67 bits per heavy atom. The zero-order valence-electron chi connectivity index (χ0n) is 8.11. The van der Waals surface area contributed by atoms with Crippen LogP contribution in [0.15, 0.2) is 0 Å². The van der Waals surface area contributed by atoms with Gasteiger partial charge in [-0.15, -0.1) is 0 Å². The highest BCUT2D eigenvalue weighted by Crippen LogP contribution is 1.99. The van der Waals surface area contributed by atoms with Crippen LogP contribution in [-0.4, -0.2) is 31.1 Å². The Morgan fingerprint density at radius 2 is 2.17 bits per heavy atom. The number of hydrogen-bond acceptors (Lipinski definition) is 2. The van der Waals surface area contributed by atoms with Crippen LogP contribution in [0.4, 0.5) is 0 Å². The second kappa shape index (κ2) is 9.49. The van der Waals surface area contributed by atoms with Crippen molar-refractivity contribution in [1.82, 2.24) is 5.32 Å². The van der Waals surface area contributed by atoms with Crippen molar-refractivity contribution in [3.05, 3.63) is 0 Å². The third kappa shape index (κ3) is 7.07. The third-order valence-electron chi connectivity index (χ3n) is 1.83. The molecule has 3 heteroatoms. The van der Waals surface area contributed by atoms with Crippen LogP contribution in [0.25, 0.3) is 0 Å². The van der Waals surface area contributed by atoms with E-state index in [-0.39, 0.29) is 0 Å². The summed E-state index contributed by atoms with van der Waals surface area (Å²) in [6.07, 6.45) is 2.39. The Balaban J connectivity index is 3.19. The summed E-state index contributed by atoms with van der Waals surface area (Å²) in [5, 5.41) is 4.53. The van der Waals surface area contributed by atoms with E-state index in [2.05, 4.69) is 28.2 Å². The maximum Gasteiger partial charge on any atom is 0.0590 e. The molecule has 0 heterocycles. The molecular formula is C9H20BrNO. The molecule has 2 nitrogen and oxygen atoms in total. The van der Waals surface area contributed by atoms with Gasteiger partial charge >= 0.3 is 0 Å². The van der Waals surface area contributed by atoms with Gasteiger partial charge in [-0.1, -0.05) is 22.9 Å². The zero-order chi connectivity index (χ0) is 9.23. The Kier molecular flexibility index (Phi) is 9.80. The first kappa shape index (κ1) is 12.4. The number of rotatable bonds is 8. The molecule has 0 aromatic heterocycles. The topological polar surface area (TPSA) is 21.3 Å². The number of ether oxygens (including phenoxy) is 1. The highest BCUT2D eigenvalue weighted by molar-refractivity contribution is 9.09. The van der Waals surface area contributed by atoms with Gasteiger partial charge in [0.25, 0.3) is 0 Å². The van der Waals surface area contributed by atoms with Gasteiger partial charge in [-0.2, -0.15) is 0 Å². The summed E-state index contributed by atoms with van der Waals surface area (Å²) >= 11 is 3.44. The maximum atomic E-state index is 5.23. The van der Waals surface area contributed by atoms with Crippen LogP contribution in [-0.2, 0) is 4.74 Å². The Labute approximate surface area is 84.2 Å². The van der Waals surface area contributed by atoms with E-state index in [0.29, 0.717) is 6.04 Å². The SMILES string of the molecule is CCOCCNC(CC)CCBr. The first-order valence-electron chi connectivity index (χ1n) is 4.72. The van der Waals surface area contributed by atoms with E-state index in [0.717, 1.165) is 25.1 Å². The highest BCUT2D eigenvalue weighted by Gasteiger charge is 2.02. The normalized spacial score (nSPS) is 13.2. The van der Waals surface area contributed by atoms with E-state index < -0.39 is 0 Å². The molecule has 0 aromatic rings. The van der Waals surface area contributed by atoms with Crippen LogP contribution in [0.5, 0.6) is 0 Å². The standard InChI is InChI=1S/C9H20BrNO/c1-3-9(5-6-10)11-7-8-12-4-2/h9,11H,3-8H2,1-2H3. The summed E-state index contributed by atoms with van der Waals surface area (Å²) in [6.45, 7) is 6.85. The maximum absolute atomic E-state index is 5.23. The van der Waals surface area contributed by atoms with Crippen LogP contribution >= 0.6 is 15.9 Å². The van der Waals surface area contributed by atoms with Crippen molar-refractivity contribution in [2.75, 3.05) is 25.1 Å². The van der Waals surface area contributed by atoms with Crippen molar-refractivity contribution in [2.45, 2.75) is 32.7 Å². The van der Waals surface area contributed by atoms with Crippen LogP contribution in [0.1, 0.15) is 26.7 Å². The lowest BCUT2D eigenvalue weighted by molar-refractivity contribution is 0.146. The van der Waals surface area contributed by atoms with E-state index in [4.69, 9.17) is 4.74 Å². The Morgan fingerprint density at radius 1 is 1.42 bits per heavy atom. The van der Waals surface area contributed by atoms with Gasteiger partial charge in [-0.05, 0) is 19.8 Å². The van der Waals surface area contributed by atoms with Gasteiger partial charge in [0.15, 0.2) is 0 Å². The van der Waals surface area contributed by atoms with E-state index >= 15 is 0 Å². The molecule has 12 heavy (non-hydrogen) atoms. The minimum absolute atomic E-state index is 0.643. The summed E-state index contributed by atoms with van der Waals surface area (Å²) in [5.41, 5.74) is 0. The molecule has 0 spiro atoms. The van der Waals surface area contributed by atoms with Gasteiger partial charge in [-0.3, -0.25) is 0 Å². The van der Waals surface area contributed by atoms with E-state index in [1.807, 2.05) is 6.92 Å². The molecule has 0 amide bonds. The van der Waals surface area contributed by atoms with Gasteiger partial charge in [0.2, 0.25) is 0 Å². The fourth-order valence-electron chi connectivity index (χ4n) is 1.06. The molecule has 0 rings (SSSR count). The first-order valence-corrected chi connectivity index (χ1v) is 5.84. The van der Waals surface area contributed by atoms with Crippen molar-refractivity contribution < 1.29 is 4.74 Å². The predicted molar refractivity (Wildman–Crippen MR) is 57.0 cm³/mol. The van der Waals surface area contributed by atoms with E-state index in [1.165, 1.54) is 12.8 Å². The van der Waals surface area contributed by atoms with Crippen molar-refractivity contribution in [3.8, 4) is 0 Å². The molecule has 0 bridgehead atoms. The van der Waals surface area contributed by atoms with Gasteiger partial charge in [-0.25, -0.2) is 0 Å². The number of alkyl halides is 1. The minimum Gasteiger partial charge on any atom is -0.380 e. The summed E-state index contributed by atoms with van der Waals surface area (Å²) < 4.78 is 5.23. The summed E-state index contributed by atoms with van der Waals surface area (Å²) in [7, 11) is 0. The summed E-state index contributed by atoms with van der Waals surface area (Å²) in [6, 6.07) is 0.643. The second-order valence-corrected chi connectivity index (χ2v) is 3.53. The number of hydrogen-bond donors (Lipinski definition) is 1. The molecule has 0 aliphatic heterocycles. The molecule has 1 atom stereocenters. The highest BCUT2D eigenvalue weighted by atomic mass is 79.9. The zero-order valence-corrected chi connectivity index (χ0v) is 9.69. The molecule has 0 aliphatic carbocycles. The van der Waals surface area contributed by atoms with Crippen LogP contribution < -0.4 is 5.32 Å². The second-order valence-electron chi connectivity index (χ2n) is 2.73. The number of halogens is 1. The average molecular weight is 238 g/mol.